The number of nitrogens with one attached hydrogen (secondary N) is 2. The molecule has 4 rings (SSSR count). The predicted octanol–water partition coefficient (Wildman–Crippen LogP) is 5.93. The van der Waals surface area contributed by atoms with Gasteiger partial charge in [0.25, 0.3) is 5.91 Å². The lowest BCUT2D eigenvalue weighted by Gasteiger charge is -2.11. The Balaban J connectivity index is 1.50. The molecule has 4 aromatic carbocycles. The first-order chi connectivity index (χ1) is 14.6. The van der Waals surface area contributed by atoms with Crippen LogP contribution in [0.2, 0.25) is 5.02 Å². The first-order valence-electron chi connectivity index (χ1n) is 9.52. The minimum atomic E-state index is -0.276. The molecule has 0 bridgehead atoms. The number of benzene rings is 4. The van der Waals surface area contributed by atoms with E-state index < -0.39 is 0 Å². The number of hydrogen-bond acceptors (Lipinski definition) is 2. The zero-order valence-corrected chi connectivity index (χ0v) is 16.8. The SMILES string of the molecule is O=C(Cc1cccc2ccccc12)Nc1cc(C(=O)Nc2ccccc2)ccc1Cl. The second-order valence-electron chi connectivity index (χ2n) is 6.88. The number of amides is 2. The van der Waals surface area contributed by atoms with Crippen molar-refractivity contribution in [1.29, 1.82) is 0 Å². The molecule has 30 heavy (non-hydrogen) atoms. The van der Waals surface area contributed by atoms with Crippen LogP contribution in [0.3, 0.4) is 0 Å². The van der Waals surface area contributed by atoms with Gasteiger partial charge in [0.05, 0.1) is 17.1 Å². The Bertz CT molecular complexity index is 1220. The van der Waals surface area contributed by atoms with Gasteiger partial charge in [0, 0.05) is 11.3 Å². The van der Waals surface area contributed by atoms with Crippen molar-refractivity contribution in [2.75, 3.05) is 10.6 Å². The van der Waals surface area contributed by atoms with E-state index in [4.69, 9.17) is 11.6 Å². The molecular formula is C25H19ClN2O2. The van der Waals surface area contributed by atoms with E-state index >= 15 is 0 Å². The molecule has 2 amide bonds. The fourth-order valence-electron chi connectivity index (χ4n) is 3.30. The fourth-order valence-corrected chi connectivity index (χ4v) is 3.47. The highest BCUT2D eigenvalue weighted by atomic mass is 35.5. The van der Waals surface area contributed by atoms with Crippen LogP contribution in [0.5, 0.6) is 0 Å². The highest BCUT2D eigenvalue weighted by Crippen LogP contribution is 2.25. The summed E-state index contributed by atoms with van der Waals surface area (Å²) in [5, 5.41) is 8.15. The van der Waals surface area contributed by atoms with Gasteiger partial charge in [-0.15, -0.1) is 0 Å². The van der Waals surface area contributed by atoms with E-state index in [9.17, 15) is 9.59 Å². The van der Waals surface area contributed by atoms with Crippen molar-refractivity contribution < 1.29 is 9.59 Å². The average molecular weight is 415 g/mol. The zero-order valence-electron chi connectivity index (χ0n) is 16.1. The molecule has 0 unspecified atom stereocenters. The maximum absolute atomic E-state index is 12.7. The van der Waals surface area contributed by atoms with Crippen molar-refractivity contribution in [3.05, 3.63) is 107 Å². The first-order valence-corrected chi connectivity index (χ1v) is 9.90. The molecule has 0 atom stereocenters. The van der Waals surface area contributed by atoms with Crippen molar-refractivity contribution in [3.8, 4) is 0 Å². The lowest BCUT2D eigenvalue weighted by atomic mass is 10.0. The van der Waals surface area contributed by atoms with Gasteiger partial charge in [0.1, 0.15) is 0 Å². The summed E-state index contributed by atoms with van der Waals surface area (Å²) in [6.45, 7) is 0. The number of carbonyl (C=O) groups is 2. The first kappa shape index (κ1) is 19.7. The molecule has 5 heteroatoms. The molecule has 0 aliphatic carbocycles. The Kier molecular flexibility index (Phi) is 5.77. The van der Waals surface area contributed by atoms with Crippen LogP contribution in [-0.4, -0.2) is 11.8 Å². The summed E-state index contributed by atoms with van der Waals surface area (Å²) in [6.07, 6.45) is 0.206. The van der Waals surface area contributed by atoms with Crippen LogP contribution in [0.4, 0.5) is 11.4 Å². The van der Waals surface area contributed by atoms with Crippen molar-refractivity contribution >= 4 is 45.6 Å². The van der Waals surface area contributed by atoms with E-state index in [1.807, 2.05) is 60.7 Å². The van der Waals surface area contributed by atoms with Crippen LogP contribution < -0.4 is 10.6 Å². The molecule has 0 fully saturated rings. The Morgan fingerprint density at radius 1 is 0.767 bits per heavy atom. The van der Waals surface area contributed by atoms with Gasteiger partial charge in [-0.2, -0.15) is 0 Å². The fraction of sp³-hybridized carbons (Fsp3) is 0.0400. The maximum Gasteiger partial charge on any atom is 0.255 e. The number of halogens is 1. The third kappa shape index (κ3) is 4.50. The second kappa shape index (κ2) is 8.80. The van der Waals surface area contributed by atoms with Gasteiger partial charge in [-0.25, -0.2) is 0 Å². The molecule has 0 aliphatic heterocycles. The summed E-state index contributed by atoms with van der Waals surface area (Å²) in [4.78, 5) is 25.2. The smallest absolute Gasteiger partial charge is 0.255 e. The summed E-state index contributed by atoms with van der Waals surface area (Å²) in [6, 6.07) is 27.8. The van der Waals surface area contributed by atoms with Crippen molar-refractivity contribution in [1.82, 2.24) is 0 Å². The highest BCUT2D eigenvalue weighted by molar-refractivity contribution is 6.34. The lowest BCUT2D eigenvalue weighted by molar-refractivity contribution is -0.115. The minimum absolute atomic E-state index is 0.200. The number of rotatable bonds is 5. The van der Waals surface area contributed by atoms with Crippen molar-refractivity contribution in [2.24, 2.45) is 0 Å². The van der Waals surface area contributed by atoms with Crippen molar-refractivity contribution in [2.45, 2.75) is 6.42 Å². The van der Waals surface area contributed by atoms with Crippen molar-refractivity contribution in [3.63, 3.8) is 0 Å². The summed E-state index contributed by atoms with van der Waals surface area (Å²) < 4.78 is 0. The Labute approximate surface area is 179 Å². The quantitative estimate of drug-likeness (QED) is 0.425. The number of para-hydroxylation sites is 1. The van der Waals surface area contributed by atoms with E-state index in [2.05, 4.69) is 10.6 Å². The van der Waals surface area contributed by atoms with Gasteiger partial charge in [-0.1, -0.05) is 72.3 Å². The third-order valence-electron chi connectivity index (χ3n) is 4.77. The zero-order chi connectivity index (χ0) is 20.9. The third-order valence-corrected chi connectivity index (χ3v) is 5.09. The predicted molar refractivity (Wildman–Crippen MR) is 122 cm³/mol. The summed E-state index contributed by atoms with van der Waals surface area (Å²) >= 11 is 6.26. The Hall–Kier alpha value is -3.63. The number of hydrogen-bond donors (Lipinski definition) is 2. The van der Waals surface area contributed by atoms with E-state index in [0.29, 0.717) is 22.0 Å². The van der Waals surface area contributed by atoms with Crippen LogP contribution in [0, 0.1) is 0 Å². The molecule has 0 aliphatic rings. The topological polar surface area (TPSA) is 58.2 Å². The van der Waals surface area contributed by atoms with Gasteiger partial charge in [0.15, 0.2) is 0 Å². The van der Waals surface area contributed by atoms with E-state index in [-0.39, 0.29) is 18.2 Å². The standard InChI is InChI=1S/C25H19ClN2O2/c26-22-14-13-19(25(30)27-20-10-2-1-3-11-20)15-23(22)28-24(29)16-18-9-6-8-17-7-4-5-12-21(17)18/h1-15H,16H2,(H,27,30)(H,28,29). The van der Waals surface area contributed by atoms with Crippen LogP contribution in [0.15, 0.2) is 91.0 Å². The van der Waals surface area contributed by atoms with Crippen LogP contribution in [0.1, 0.15) is 15.9 Å². The van der Waals surface area contributed by atoms with Gasteiger partial charge in [0.2, 0.25) is 5.91 Å². The molecule has 0 spiro atoms. The molecule has 0 aromatic heterocycles. The second-order valence-corrected chi connectivity index (χ2v) is 7.29. The van der Waals surface area contributed by atoms with E-state index in [1.165, 1.54) is 0 Å². The number of anilines is 2. The molecule has 0 heterocycles. The summed E-state index contributed by atoms with van der Waals surface area (Å²) in [7, 11) is 0. The monoisotopic (exact) mass is 414 g/mol. The Morgan fingerprint density at radius 3 is 2.33 bits per heavy atom. The van der Waals surface area contributed by atoms with Crippen LogP contribution >= 0.6 is 11.6 Å². The molecule has 0 saturated carbocycles. The van der Waals surface area contributed by atoms with Gasteiger partial charge in [-0.3, -0.25) is 9.59 Å². The largest absolute Gasteiger partial charge is 0.324 e. The molecule has 4 aromatic rings. The molecule has 0 saturated heterocycles. The van der Waals surface area contributed by atoms with Crippen LogP contribution in [-0.2, 0) is 11.2 Å². The number of fused-ring (bicyclic) bond motifs is 1. The van der Waals surface area contributed by atoms with E-state index in [1.54, 1.807) is 30.3 Å². The molecule has 2 N–H and O–H groups in total. The van der Waals surface area contributed by atoms with Gasteiger partial charge >= 0.3 is 0 Å². The molecule has 0 radical (unpaired) electrons. The molecular weight excluding hydrogens is 396 g/mol. The van der Waals surface area contributed by atoms with Gasteiger partial charge < -0.3 is 10.6 Å². The minimum Gasteiger partial charge on any atom is -0.324 e. The average Bonchev–Trinajstić information content (AvgIpc) is 2.76. The Morgan fingerprint density at radius 2 is 1.50 bits per heavy atom. The highest BCUT2D eigenvalue weighted by Gasteiger charge is 2.13. The molecule has 4 nitrogen and oxygen atoms in total. The van der Waals surface area contributed by atoms with E-state index in [0.717, 1.165) is 16.3 Å². The number of carbonyl (C=O) groups excluding carboxylic acids is 2. The maximum atomic E-state index is 12.7. The van der Waals surface area contributed by atoms with Crippen LogP contribution in [0.25, 0.3) is 10.8 Å². The van der Waals surface area contributed by atoms with Gasteiger partial charge in [-0.05, 0) is 46.7 Å². The molecule has 148 valence electrons. The normalized spacial score (nSPS) is 10.6. The summed E-state index contributed by atoms with van der Waals surface area (Å²) in [5.41, 5.74) is 2.44. The lowest BCUT2D eigenvalue weighted by Crippen LogP contribution is -2.16. The summed E-state index contributed by atoms with van der Waals surface area (Å²) in [5.74, 6) is -0.476.